The van der Waals surface area contributed by atoms with Gasteiger partial charge in [-0.1, -0.05) is 11.6 Å². The van der Waals surface area contributed by atoms with Gasteiger partial charge in [-0.05, 0) is 30.3 Å². The lowest BCUT2D eigenvalue weighted by Crippen LogP contribution is -2.34. The van der Waals surface area contributed by atoms with E-state index in [1.54, 1.807) is 18.2 Å². The number of halogens is 1. The highest BCUT2D eigenvalue weighted by atomic mass is 35.5. The maximum Gasteiger partial charge on any atom is 0.266 e. The van der Waals surface area contributed by atoms with E-state index in [9.17, 15) is 13.2 Å². The molecule has 0 aromatic heterocycles. The Kier molecular flexibility index (Phi) is 5.48. The molecule has 0 bridgehead atoms. The Hall–Kier alpha value is -2.45. The lowest BCUT2D eigenvalue weighted by atomic mass is 10.1. The number of amides is 1. The van der Waals surface area contributed by atoms with Crippen molar-refractivity contribution in [3.63, 3.8) is 0 Å². The molecule has 0 unspecified atom stereocenters. The second kappa shape index (κ2) is 7.66. The van der Waals surface area contributed by atoms with E-state index in [1.165, 1.54) is 32.4 Å². The number of sulfonamides is 1. The first kappa shape index (κ1) is 19.3. The molecule has 144 valence electrons. The molecule has 3 rings (SSSR count). The van der Waals surface area contributed by atoms with Crippen molar-refractivity contribution in [1.82, 2.24) is 4.31 Å². The normalized spacial score (nSPS) is 13.1. The second-order valence-electron chi connectivity index (χ2n) is 5.80. The van der Waals surface area contributed by atoms with Gasteiger partial charge in [-0.15, -0.1) is 0 Å². The molecule has 0 radical (unpaired) electrons. The summed E-state index contributed by atoms with van der Waals surface area (Å²) >= 11 is 5.97. The first-order valence-electron chi connectivity index (χ1n) is 8.07. The van der Waals surface area contributed by atoms with Gasteiger partial charge in [0.2, 0.25) is 5.91 Å². The van der Waals surface area contributed by atoms with E-state index in [0.29, 0.717) is 45.4 Å². The van der Waals surface area contributed by atoms with E-state index in [4.69, 9.17) is 25.8 Å². The predicted octanol–water partition coefficient (Wildman–Crippen LogP) is 2.51. The zero-order valence-electron chi connectivity index (χ0n) is 14.8. The van der Waals surface area contributed by atoms with Crippen LogP contribution in [0, 0.1) is 0 Å². The van der Waals surface area contributed by atoms with Crippen molar-refractivity contribution in [3.05, 3.63) is 47.0 Å². The van der Waals surface area contributed by atoms with Gasteiger partial charge in [-0.3, -0.25) is 4.79 Å². The minimum atomic E-state index is -4.05. The first-order chi connectivity index (χ1) is 12.8. The van der Waals surface area contributed by atoms with Gasteiger partial charge in [0, 0.05) is 23.7 Å². The molecule has 1 aliphatic rings. The molecule has 1 heterocycles. The van der Waals surface area contributed by atoms with Crippen LogP contribution in [-0.4, -0.2) is 46.0 Å². The molecular weight excluding hydrogens is 394 g/mol. The summed E-state index contributed by atoms with van der Waals surface area (Å²) in [4.78, 5) is 12.5. The average Bonchev–Trinajstić information content (AvgIpc) is 2.67. The average molecular weight is 412 g/mol. The third-order valence-electron chi connectivity index (χ3n) is 4.11. The number of carbonyl (C=O) groups is 1. The Morgan fingerprint density at radius 2 is 1.85 bits per heavy atom. The molecule has 1 aliphatic heterocycles. The van der Waals surface area contributed by atoms with Crippen LogP contribution in [0.4, 0.5) is 0 Å². The maximum atomic E-state index is 12.8. The maximum absolute atomic E-state index is 12.8. The van der Waals surface area contributed by atoms with Crippen LogP contribution in [0.15, 0.2) is 41.3 Å². The molecule has 0 fully saturated rings. The fraction of sp³-hybridized carbons (Fsp3) is 0.278. The molecule has 0 saturated carbocycles. The molecule has 1 amide bonds. The zero-order valence-corrected chi connectivity index (χ0v) is 16.3. The number of carbonyl (C=O) groups excluding carboxylic acids is 1. The molecule has 0 aliphatic carbocycles. The molecule has 9 heteroatoms. The van der Waals surface area contributed by atoms with Crippen molar-refractivity contribution in [2.45, 2.75) is 11.3 Å². The summed E-state index contributed by atoms with van der Waals surface area (Å²) in [6.45, 7) is 0.735. The molecule has 27 heavy (non-hydrogen) atoms. The van der Waals surface area contributed by atoms with Gasteiger partial charge in [0.1, 0.15) is 19.0 Å². The number of hydrogen-bond acceptors (Lipinski definition) is 6. The second-order valence-corrected chi connectivity index (χ2v) is 8.21. The van der Waals surface area contributed by atoms with Crippen LogP contribution < -0.4 is 14.2 Å². The monoisotopic (exact) mass is 411 g/mol. The van der Waals surface area contributed by atoms with E-state index in [1.807, 2.05) is 0 Å². The van der Waals surface area contributed by atoms with Crippen LogP contribution in [0.2, 0.25) is 5.02 Å². The van der Waals surface area contributed by atoms with Crippen molar-refractivity contribution in [2.75, 3.05) is 27.4 Å². The topological polar surface area (TPSA) is 82.1 Å². The number of methoxy groups -OCH3 is 1. The molecule has 0 spiro atoms. The number of benzene rings is 2. The third-order valence-corrected chi connectivity index (χ3v) is 6.12. The van der Waals surface area contributed by atoms with Crippen LogP contribution in [0.25, 0.3) is 0 Å². The molecule has 0 atom stereocenters. The van der Waals surface area contributed by atoms with Crippen molar-refractivity contribution >= 4 is 27.5 Å². The van der Waals surface area contributed by atoms with Crippen molar-refractivity contribution in [2.24, 2.45) is 0 Å². The van der Waals surface area contributed by atoms with Crippen LogP contribution >= 0.6 is 11.6 Å². The van der Waals surface area contributed by atoms with Gasteiger partial charge in [0.15, 0.2) is 11.5 Å². The van der Waals surface area contributed by atoms with E-state index in [0.717, 1.165) is 0 Å². The summed E-state index contributed by atoms with van der Waals surface area (Å²) in [5.41, 5.74) is 0.499. The summed E-state index contributed by atoms with van der Waals surface area (Å²) in [6.07, 6.45) is -0.177. The fourth-order valence-electron chi connectivity index (χ4n) is 2.64. The van der Waals surface area contributed by atoms with Crippen LogP contribution in [0.1, 0.15) is 5.56 Å². The molecule has 2 aromatic rings. The SMILES string of the molecule is COc1ccc(Cl)cc1CC(=O)N(C)S(=O)(=O)c1ccc2c(c1)OCCO2. The summed E-state index contributed by atoms with van der Waals surface area (Å²) in [5, 5.41) is 0.427. The van der Waals surface area contributed by atoms with Gasteiger partial charge in [-0.25, -0.2) is 12.7 Å². The van der Waals surface area contributed by atoms with Gasteiger partial charge >= 0.3 is 0 Å². The van der Waals surface area contributed by atoms with Gasteiger partial charge in [-0.2, -0.15) is 0 Å². The number of nitrogens with zero attached hydrogens (tertiary/aromatic N) is 1. The number of rotatable bonds is 5. The molecular formula is C18H18ClNO6S. The summed E-state index contributed by atoms with van der Waals surface area (Å²) in [6, 6.07) is 9.08. The van der Waals surface area contributed by atoms with Gasteiger partial charge in [0.05, 0.1) is 18.4 Å². The Bertz CT molecular complexity index is 976. The fourth-order valence-corrected chi connectivity index (χ4v) is 3.98. The minimum absolute atomic E-state index is 0.0549. The summed E-state index contributed by atoms with van der Waals surface area (Å²) < 4.78 is 42.4. The third kappa shape index (κ3) is 3.96. The van der Waals surface area contributed by atoms with Crippen molar-refractivity contribution in [3.8, 4) is 17.2 Å². The quantitative estimate of drug-likeness (QED) is 0.751. The van der Waals surface area contributed by atoms with Crippen LogP contribution in [0.3, 0.4) is 0 Å². The number of hydrogen-bond donors (Lipinski definition) is 0. The largest absolute Gasteiger partial charge is 0.496 e. The van der Waals surface area contributed by atoms with E-state index < -0.39 is 15.9 Å². The highest BCUT2D eigenvalue weighted by Crippen LogP contribution is 2.33. The van der Waals surface area contributed by atoms with E-state index >= 15 is 0 Å². The summed E-state index contributed by atoms with van der Waals surface area (Å²) in [5.74, 6) is 0.640. The molecule has 0 N–H and O–H groups in total. The first-order valence-corrected chi connectivity index (χ1v) is 9.88. The van der Waals surface area contributed by atoms with Gasteiger partial charge in [0.25, 0.3) is 10.0 Å². The Morgan fingerprint density at radius 3 is 2.56 bits per heavy atom. The number of likely N-dealkylation sites (N-methyl/N-ethyl adjacent to an activating group) is 1. The zero-order chi connectivity index (χ0) is 19.6. The lowest BCUT2D eigenvalue weighted by molar-refractivity contribution is -0.124. The minimum Gasteiger partial charge on any atom is -0.496 e. The standard InChI is InChI=1S/C18H18ClNO6S/c1-20(18(21)10-12-9-13(19)3-5-15(12)24-2)27(22,23)14-4-6-16-17(11-14)26-8-7-25-16/h3-6,9,11H,7-8,10H2,1-2H3. The lowest BCUT2D eigenvalue weighted by Gasteiger charge is -2.21. The predicted molar refractivity (Wildman–Crippen MR) is 99.1 cm³/mol. The van der Waals surface area contributed by atoms with E-state index in [-0.39, 0.29) is 11.3 Å². The van der Waals surface area contributed by atoms with E-state index in [2.05, 4.69) is 0 Å². The Morgan fingerprint density at radius 1 is 1.15 bits per heavy atom. The molecule has 2 aromatic carbocycles. The van der Waals surface area contributed by atoms with Crippen LogP contribution in [0.5, 0.6) is 17.2 Å². The molecule has 0 saturated heterocycles. The number of fused-ring (bicyclic) bond motifs is 1. The van der Waals surface area contributed by atoms with Crippen molar-refractivity contribution in [1.29, 1.82) is 0 Å². The Balaban J connectivity index is 1.85. The van der Waals surface area contributed by atoms with Crippen molar-refractivity contribution < 1.29 is 27.4 Å². The number of ether oxygens (including phenoxy) is 3. The van der Waals surface area contributed by atoms with Crippen LogP contribution in [-0.2, 0) is 21.2 Å². The highest BCUT2D eigenvalue weighted by Gasteiger charge is 2.28. The summed E-state index contributed by atoms with van der Waals surface area (Å²) in [7, 11) is -1.37. The Labute approximate surface area is 162 Å². The highest BCUT2D eigenvalue weighted by molar-refractivity contribution is 7.89. The van der Waals surface area contributed by atoms with Gasteiger partial charge < -0.3 is 14.2 Å². The molecule has 7 nitrogen and oxygen atoms in total. The smallest absolute Gasteiger partial charge is 0.266 e.